The van der Waals surface area contributed by atoms with E-state index in [1.54, 1.807) is 11.3 Å². The zero-order valence-electron chi connectivity index (χ0n) is 11.0. The van der Waals surface area contributed by atoms with Gasteiger partial charge >= 0.3 is 0 Å². The van der Waals surface area contributed by atoms with Crippen LogP contribution in [0.2, 0.25) is 5.28 Å². The third-order valence-corrected chi connectivity index (χ3v) is 5.64. The lowest BCUT2D eigenvalue weighted by Gasteiger charge is -2.10. The number of thiophene rings is 1. The fourth-order valence-corrected chi connectivity index (χ4v) is 4.33. The maximum absolute atomic E-state index is 6.04. The number of benzene rings is 1. The van der Waals surface area contributed by atoms with E-state index in [1.807, 2.05) is 18.2 Å². The highest BCUT2D eigenvalue weighted by Crippen LogP contribution is 2.36. The summed E-state index contributed by atoms with van der Waals surface area (Å²) in [6.45, 7) is 2.12. The molecule has 3 rings (SSSR count). The molecule has 0 amide bonds. The third kappa shape index (κ3) is 3.08. The monoisotopic (exact) mass is 445 g/mol. The van der Waals surface area contributed by atoms with E-state index in [-0.39, 0.29) is 5.28 Å². The molecule has 3 aromatic rings. The molecule has 2 aromatic heterocycles. The Hall–Kier alpha value is -0.690. The van der Waals surface area contributed by atoms with Crippen molar-refractivity contribution in [1.82, 2.24) is 9.97 Å². The van der Waals surface area contributed by atoms with E-state index in [1.165, 1.54) is 4.88 Å². The molecular formula is C14H10Br2ClN3S. The first-order valence-electron chi connectivity index (χ1n) is 6.25. The zero-order valence-corrected chi connectivity index (χ0v) is 15.7. The van der Waals surface area contributed by atoms with Crippen molar-refractivity contribution in [2.45, 2.75) is 13.3 Å². The first-order valence-corrected chi connectivity index (χ1v) is 9.03. The molecule has 21 heavy (non-hydrogen) atoms. The maximum Gasteiger partial charge on any atom is 0.225 e. The zero-order chi connectivity index (χ0) is 15.0. The van der Waals surface area contributed by atoms with Gasteiger partial charge in [-0.05, 0) is 68.1 Å². The number of halogens is 3. The van der Waals surface area contributed by atoms with Crippen molar-refractivity contribution in [3.63, 3.8) is 0 Å². The Morgan fingerprint density at radius 2 is 1.95 bits per heavy atom. The molecule has 0 saturated heterocycles. The van der Waals surface area contributed by atoms with Gasteiger partial charge in [0.25, 0.3) is 0 Å². The minimum absolute atomic E-state index is 0.248. The van der Waals surface area contributed by atoms with Crippen LogP contribution < -0.4 is 5.32 Å². The van der Waals surface area contributed by atoms with Gasteiger partial charge in [-0.3, -0.25) is 0 Å². The molecule has 1 N–H and O–H groups in total. The molecule has 0 bridgehead atoms. The van der Waals surface area contributed by atoms with E-state index in [4.69, 9.17) is 11.6 Å². The molecular weight excluding hydrogens is 438 g/mol. The largest absolute Gasteiger partial charge is 0.338 e. The second kappa shape index (κ2) is 6.20. The SMILES string of the molecule is CCc1cc2c(Nc3c(Br)cccc3Br)nc(Cl)nc2s1. The smallest absolute Gasteiger partial charge is 0.225 e. The van der Waals surface area contributed by atoms with Crippen LogP contribution in [0.15, 0.2) is 33.2 Å². The van der Waals surface area contributed by atoms with Gasteiger partial charge in [-0.15, -0.1) is 11.3 Å². The number of hydrogen-bond donors (Lipinski definition) is 1. The lowest BCUT2D eigenvalue weighted by molar-refractivity contribution is 1.19. The van der Waals surface area contributed by atoms with Gasteiger partial charge in [0.05, 0.1) is 11.1 Å². The molecule has 0 radical (unpaired) electrons. The van der Waals surface area contributed by atoms with E-state index in [9.17, 15) is 0 Å². The van der Waals surface area contributed by atoms with E-state index in [0.717, 1.165) is 31.3 Å². The van der Waals surface area contributed by atoms with Crippen LogP contribution in [-0.2, 0) is 6.42 Å². The van der Waals surface area contributed by atoms with Gasteiger partial charge in [-0.25, -0.2) is 4.98 Å². The summed E-state index contributed by atoms with van der Waals surface area (Å²) in [6.07, 6.45) is 0.969. The fraction of sp³-hybridized carbons (Fsp3) is 0.143. The quantitative estimate of drug-likeness (QED) is 0.488. The van der Waals surface area contributed by atoms with E-state index >= 15 is 0 Å². The van der Waals surface area contributed by atoms with E-state index in [2.05, 4.69) is 60.1 Å². The van der Waals surface area contributed by atoms with Gasteiger partial charge in [0.2, 0.25) is 5.28 Å². The van der Waals surface area contributed by atoms with Crippen molar-refractivity contribution in [2.24, 2.45) is 0 Å². The molecule has 0 unspecified atom stereocenters. The number of rotatable bonds is 3. The highest BCUT2D eigenvalue weighted by Gasteiger charge is 2.13. The van der Waals surface area contributed by atoms with Crippen LogP contribution in [0.3, 0.4) is 0 Å². The Kier molecular flexibility index (Phi) is 4.49. The van der Waals surface area contributed by atoms with Crippen LogP contribution in [0, 0.1) is 0 Å². The highest BCUT2D eigenvalue weighted by molar-refractivity contribution is 9.11. The van der Waals surface area contributed by atoms with Crippen LogP contribution in [-0.4, -0.2) is 9.97 Å². The number of nitrogens with one attached hydrogen (secondary N) is 1. The van der Waals surface area contributed by atoms with Crippen molar-refractivity contribution in [2.75, 3.05) is 5.32 Å². The summed E-state index contributed by atoms with van der Waals surface area (Å²) in [7, 11) is 0. The number of para-hydroxylation sites is 1. The van der Waals surface area contributed by atoms with Gasteiger partial charge < -0.3 is 5.32 Å². The number of anilines is 2. The Bertz CT molecular complexity index is 799. The first-order chi connectivity index (χ1) is 10.1. The molecule has 0 aliphatic carbocycles. The second-order valence-electron chi connectivity index (χ2n) is 4.35. The molecule has 1 aromatic carbocycles. The fourth-order valence-electron chi connectivity index (χ4n) is 1.95. The van der Waals surface area contributed by atoms with Crippen molar-refractivity contribution in [3.05, 3.63) is 43.4 Å². The summed E-state index contributed by atoms with van der Waals surface area (Å²) >= 11 is 14.8. The van der Waals surface area contributed by atoms with Crippen LogP contribution in [0.4, 0.5) is 11.5 Å². The predicted octanol–water partition coefficient (Wildman–Crippen LogP) is 6.18. The summed E-state index contributed by atoms with van der Waals surface area (Å²) < 4.78 is 1.90. The number of aromatic nitrogens is 2. The Labute approximate surface area is 148 Å². The Balaban J connectivity index is 2.13. The average Bonchev–Trinajstić information content (AvgIpc) is 2.86. The number of nitrogens with zero attached hydrogens (tertiary/aromatic N) is 2. The van der Waals surface area contributed by atoms with Crippen LogP contribution in [0.25, 0.3) is 10.2 Å². The normalized spacial score (nSPS) is 11.0. The molecule has 0 atom stereocenters. The lowest BCUT2D eigenvalue weighted by atomic mass is 10.3. The van der Waals surface area contributed by atoms with Gasteiger partial charge in [0.15, 0.2) is 0 Å². The van der Waals surface area contributed by atoms with Crippen molar-refractivity contribution in [3.8, 4) is 0 Å². The summed E-state index contributed by atoms with van der Waals surface area (Å²) in [5, 5.41) is 4.58. The minimum atomic E-state index is 0.248. The van der Waals surface area contributed by atoms with Gasteiger partial charge in [0, 0.05) is 13.8 Å². The third-order valence-electron chi connectivity index (χ3n) is 2.97. The summed E-state index contributed by atoms with van der Waals surface area (Å²) in [5.74, 6) is 0.716. The topological polar surface area (TPSA) is 37.8 Å². The maximum atomic E-state index is 6.04. The first kappa shape index (κ1) is 15.2. The van der Waals surface area contributed by atoms with Gasteiger partial charge in [0.1, 0.15) is 10.6 Å². The van der Waals surface area contributed by atoms with Crippen LogP contribution >= 0.6 is 54.8 Å². The van der Waals surface area contributed by atoms with E-state index in [0.29, 0.717) is 5.82 Å². The van der Waals surface area contributed by atoms with Gasteiger partial charge in [-0.1, -0.05) is 13.0 Å². The predicted molar refractivity (Wildman–Crippen MR) is 96.9 cm³/mol. The molecule has 7 heteroatoms. The Morgan fingerprint density at radius 1 is 1.24 bits per heavy atom. The van der Waals surface area contributed by atoms with Crippen molar-refractivity contribution < 1.29 is 0 Å². The molecule has 0 aliphatic heterocycles. The number of aryl methyl sites for hydroxylation is 1. The second-order valence-corrected chi connectivity index (χ2v) is 7.51. The molecule has 2 heterocycles. The molecule has 0 fully saturated rings. The average molecular weight is 448 g/mol. The molecule has 3 nitrogen and oxygen atoms in total. The standard InChI is InChI=1S/C14H10Br2ClN3S/c1-2-7-6-8-12(19-14(17)20-13(8)21-7)18-11-9(15)4-3-5-10(11)16/h3-6H,2H2,1H3,(H,18,19,20). The van der Waals surface area contributed by atoms with Crippen molar-refractivity contribution in [1.29, 1.82) is 0 Å². The van der Waals surface area contributed by atoms with Crippen LogP contribution in [0.5, 0.6) is 0 Å². The molecule has 108 valence electrons. The van der Waals surface area contributed by atoms with E-state index < -0.39 is 0 Å². The van der Waals surface area contributed by atoms with Gasteiger partial charge in [-0.2, -0.15) is 4.98 Å². The molecule has 0 spiro atoms. The highest BCUT2D eigenvalue weighted by atomic mass is 79.9. The number of fused-ring (bicyclic) bond motifs is 1. The summed E-state index contributed by atoms with van der Waals surface area (Å²) in [5.41, 5.74) is 0.915. The molecule has 0 aliphatic rings. The molecule has 0 saturated carbocycles. The number of hydrogen-bond acceptors (Lipinski definition) is 4. The summed E-state index contributed by atoms with van der Waals surface area (Å²) in [6, 6.07) is 8.02. The van der Waals surface area contributed by atoms with Crippen LogP contribution in [0.1, 0.15) is 11.8 Å². The minimum Gasteiger partial charge on any atom is -0.338 e. The Morgan fingerprint density at radius 3 is 2.62 bits per heavy atom. The summed E-state index contributed by atoms with van der Waals surface area (Å²) in [4.78, 5) is 10.8. The lowest BCUT2D eigenvalue weighted by Crippen LogP contribution is -1.97. The van der Waals surface area contributed by atoms with Crippen molar-refractivity contribution >= 4 is 76.5 Å².